The van der Waals surface area contributed by atoms with Crippen LogP contribution in [0.5, 0.6) is 0 Å². The number of nitrogens with zero attached hydrogens (tertiary/aromatic N) is 1. The zero-order chi connectivity index (χ0) is 14.2. The van der Waals surface area contributed by atoms with Crippen molar-refractivity contribution in [2.24, 2.45) is 0 Å². The molecule has 19 heavy (non-hydrogen) atoms. The number of halogens is 2. The molecule has 0 spiro atoms. The van der Waals surface area contributed by atoms with Crippen molar-refractivity contribution in [1.29, 1.82) is 0 Å². The van der Waals surface area contributed by atoms with Crippen LogP contribution in [-0.2, 0) is 9.84 Å². The molecule has 0 radical (unpaired) electrons. The summed E-state index contributed by atoms with van der Waals surface area (Å²) in [7, 11) is -3.50. The molecule has 100 valence electrons. The highest BCUT2D eigenvalue weighted by Crippen LogP contribution is 2.18. The summed E-state index contributed by atoms with van der Waals surface area (Å²) in [5.74, 6) is -0.813. The molecule has 0 N–H and O–H groups in total. The molecule has 0 atom stereocenters. The van der Waals surface area contributed by atoms with Crippen LogP contribution >= 0.6 is 11.6 Å². The van der Waals surface area contributed by atoms with Crippen LogP contribution in [0, 0.1) is 5.82 Å². The van der Waals surface area contributed by atoms with E-state index in [1.807, 2.05) is 0 Å². The van der Waals surface area contributed by atoms with Gasteiger partial charge in [-0.05, 0) is 24.3 Å². The molecule has 0 fully saturated rings. The Morgan fingerprint density at radius 3 is 2.47 bits per heavy atom. The van der Waals surface area contributed by atoms with Gasteiger partial charge in [0, 0.05) is 18.5 Å². The lowest BCUT2D eigenvalue weighted by Crippen LogP contribution is -2.17. The Balaban J connectivity index is 2.65. The van der Waals surface area contributed by atoms with Crippen molar-refractivity contribution in [1.82, 2.24) is 4.57 Å². The largest absolute Gasteiger partial charge is 0.280 e. The first-order valence-corrected chi connectivity index (χ1v) is 7.44. The molecule has 0 unspecified atom stereocenters. The van der Waals surface area contributed by atoms with Crippen molar-refractivity contribution in [3.63, 3.8) is 0 Å². The van der Waals surface area contributed by atoms with Crippen LogP contribution in [0.3, 0.4) is 0 Å². The van der Waals surface area contributed by atoms with Gasteiger partial charge in [0.25, 0.3) is 5.56 Å². The van der Waals surface area contributed by atoms with Gasteiger partial charge < -0.3 is 0 Å². The fourth-order valence-corrected chi connectivity index (χ4v) is 2.36. The van der Waals surface area contributed by atoms with E-state index in [-0.39, 0.29) is 15.6 Å². The third-order valence-electron chi connectivity index (χ3n) is 2.48. The van der Waals surface area contributed by atoms with Gasteiger partial charge in [-0.15, -0.1) is 0 Å². The van der Waals surface area contributed by atoms with Crippen LogP contribution < -0.4 is 5.56 Å². The molecule has 2 aromatic rings. The summed E-state index contributed by atoms with van der Waals surface area (Å²) in [6.07, 6.45) is 2.25. The Kier molecular flexibility index (Phi) is 3.47. The molecule has 1 aromatic heterocycles. The van der Waals surface area contributed by atoms with E-state index in [0.717, 1.165) is 16.9 Å². The topological polar surface area (TPSA) is 56.1 Å². The second kappa shape index (κ2) is 4.79. The van der Waals surface area contributed by atoms with Crippen LogP contribution in [-0.4, -0.2) is 19.2 Å². The second-order valence-electron chi connectivity index (χ2n) is 3.94. The Labute approximate surface area is 114 Å². The Hall–Kier alpha value is -1.66. The first-order chi connectivity index (χ1) is 8.79. The van der Waals surface area contributed by atoms with Crippen molar-refractivity contribution >= 4 is 21.4 Å². The monoisotopic (exact) mass is 301 g/mol. The summed E-state index contributed by atoms with van der Waals surface area (Å²) in [5, 5.41) is 0.270. The second-order valence-corrected chi connectivity index (χ2v) is 6.39. The quantitative estimate of drug-likeness (QED) is 0.853. The number of hydrogen-bond acceptors (Lipinski definition) is 3. The van der Waals surface area contributed by atoms with Gasteiger partial charge in [-0.2, -0.15) is 0 Å². The highest BCUT2D eigenvalue weighted by Gasteiger charge is 2.12. The fraction of sp³-hybridized carbons (Fsp3) is 0.0833. The molecule has 0 saturated heterocycles. The molecule has 0 aliphatic rings. The zero-order valence-electron chi connectivity index (χ0n) is 9.80. The highest BCUT2D eigenvalue weighted by molar-refractivity contribution is 7.90. The third-order valence-corrected chi connectivity index (χ3v) is 3.82. The van der Waals surface area contributed by atoms with Crippen LogP contribution in [0.25, 0.3) is 5.69 Å². The Morgan fingerprint density at radius 1 is 1.21 bits per heavy atom. The first kappa shape index (κ1) is 13.8. The van der Waals surface area contributed by atoms with Gasteiger partial charge in [-0.1, -0.05) is 11.6 Å². The molecule has 4 nitrogen and oxygen atoms in total. The third kappa shape index (κ3) is 2.85. The van der Waals surface area contributed by atoms with Crippen molar-refractivity contribution in [2.45, 2.75) is 4.90 Å². The van der Waals surface area contributed by atoms with Gasteiger partial charge >= 0.3 is 0 Å². The molecular formula is C12H9ClFNO3S. The molecule has 7 heteroatoms. The molecule has 0 aliphatic carbocycles. The van der Waals surface area contributed by atoms with Crippen LogP contribution in [0.15, 0.2) is 46.2 Å². The van der Waals surface area contributed by atoms with E-state index >= 15 is 0 Å². The maximum Gasteiger partial charge on any atom is 0.255 e. The molecule has 0 aliphatic heterocycles. The average Bonchev–Trinajstić information content (AvgIpc) is 2.31. The van der Waals surface area contributed by atoms with Crippen LogP contribution in [0.4, 0.5) is 4.39 Å². The van der Waals surface area contributed by atoms with E-state index in [9.17, 15) is 17.6 Å². The molecule has 0 bridgehead atoms. The van der Waals surface area contributed by atoms with Crippen LogP contribution in [0.2, 0.25) is 5.02 Å². The predicted molar refractivity (Wildman–Crippen MR) is 70.1 cm³/mol. The minimum Gasteiger partial charge on any atom is -0.280 e. The standard InChI is InChI=1S/C12H9ClFNO3S/c1-19(17,18)9-3-4-11(10(14)6-9)15-7-8(13)2-5-12(15)16/h2-7H,1H3. The maximum atomic E-state index is 13.9. The molecule has 2 rings (SSSR count). The van der Waals surface area contributed by atoms with Crippen molar-refractivity contribution in [2.75, 3.05) is 6.26 Å². The Bertz CT molecular complexity index is 799. The maximum absolute atomic E-state index is 13.9. The first-order valence-electron chi connectivity index (χ1n) is 5.17. The van der Waals surface area contributed by atoms with E-state index in [1.54, 1.807) is 0 Å². The molecule has 1 heterocycles. The molecular weight excluding hydrogens is 293 g/mol. The summed E-state index contributed by atoms with van der Waals surface area (Å²) in [6, 6.07) is 5.93. The molecule has 0 saturated carbocycles. The van der Waals surface area contributed by atoms with Gasteiger partial charge in [0.1, 0.15) is 5.82 Å². The summed E-state index contributed by atoms with van der Waals surface area (Å²) < 4.78 is 37.5. The Morgan fingerprint density at radius 2 is 1.89 bits per heavy atom. The van der Waals surface area contributed by atoms with Gasteiger partial charge in [0.05, 0.1) is 15.6 Å². The van der Waals surface area contributed by atoms with E-state index in [0.29, 0.717) is 0 Å². The van der Waals surface area contributed by atoms with Gasteiger partial charge in [-0.3, -0.25) is 9.36 Å². The predicted octanol–water partition coefficient (Wildman–Crippen LogP) is 2.03. The van der Waals surface area contributed by atoms with E-state index < -0.39 is 21.2 Å². The smallest absolute Gasteiger partial charge is 0.255 e. The van der Waals surface area contributed by atoms with E-state index in [4.69, 9.17) is 11.6 Å². The number of aromatic nitrogens is 1. The average molecular weight is 302 g/mol. The molecule has 0 amide bonds. The number of benzene rings is 1. The van der Waals surface area contributed by atoms with E-state index in [1.165, 1.54) is 30.5 Å². The molecule has 1 aromatic carbocycles. The van der Waals surface area contributed by atoms with Gasteiger partial charge in [0.2, 0.25) is 0 Å². The number of hydrogen-bond donors (Lipinski definition) is 0. The summed E-state index contributed by atoms with van der Waals surface area (Å²) in [4.78, 5) is 11.5. The van der Waals surface area contributed by atoms with E-state index in [2.05, 4.69) is 0 Å². The van der Waals surface area contributed by atoms with Gasteiger partial charge in [-0.25, -0.2) is 12.8 Å². The SMILES string of the molecule is CS(=O)(=O)c1ccc(-n2cc(Cl)ccc2=O)c(F)c1. The summed E-state index contributed by atoms with van der Waals surface area (Å²) in [5.41, 5.74) is -0.518. The van der Waals surface area contributed by atoms with Crippen LogP contribution in [0.1, 0.15) is 0 Å². The lowest BCUT2D eigenvalue weighted by Gasteiger charge is -2.08. The summed E-state index contributed by atoms with van der Waals surface area (Å²) >= 11 is 5.74. The number of rotatable bonds is 2. The minimum absolute atomic E-state index is 0.0556. The lowest BCUT2D eigenvalue weighted by molar-refractivity contribution is 0.593. The lowest BCUT2D eigenvalue weighted by atomic mass is 10.3. The van der Waals surface area contributed by atoms with Crippen molar-refractivity contribution < 1.29 is 12.8 Å². The fourth-order valence-electron chi connectivity index (χ4n) is 1.56. The zero-order valence-corrected chi connectivity index (χ0v) is 11.4. The number of pyridine rings is 1. The normalized spacial score (nSPS) is 11.5. The highest BCUT2D eigenvalue weighted by atomic mass is 35.5. The minimum atomic E-state index is -3.50. The van der Waals surface area contributed by atoms with Crippen molar-refractivity contribution in [3.05, 3.63) is 57.7 Å². The van der Waals surface area contributed by atoms with Gasteiger partial charge in [0.15, 0.2) is 9.84 Å². The number of sulfone groups is 1. The van der Waals surface area contributed by atoms with Crippen molar-refractivity contribution in [3.8, 4) is 5.69 Å². The summed E-state index contributed by atoms with van der Waals surface area (Å²) in [6.45, 7) is 0.